The normalized spacial score (nSPS) is 11.8. The molecule has 0 saturated heterocycles. The molecular formula is C26H27N3O4S. The molecule has 0 amide bonds. The van der Waals surface area contributed by atoms with Crippen LogP contribution in [0.2, 0.25) is 0 Å². The lowest BCUT2D eigenvalue weighted by Gasteiger charge is -2.07. The van der Waals surface area contributed by atoms with E-state index in [9.17, 15) is 9.59 Å². The largest absolute Gasteiger partial charge is 0.494 e. The van der Waals surface area contributed by atoms with Gasteiger partial charge < -0.3 is 9.47 Å². The van der Waals surface area contributed by atoms with Gasteiger partial charge in [0.15, 0.2) is 0 Å². The van der Waals surface area contributed by atoms with Crippen LogP contribution in [0.4, 0.5) is 0 Å². The zero-order chi connectivity index (χ0) is 23.9. The minimum absolute atomic E-state index is 0.226. The Hall–Kier alpha value is -3.52. The number of rotatable bonds is 10. The molecule has 0 atom stereocenters. The van der Waals surface area contributed by atoms with Crippen LogP contribution in [0.25, 0.3) is 11.0 Å². The topological polar surface area (TPSA) is 82.8 Å². The van der Waals surface area contributed by atoms with Crippen molar-refractivity contribution in [2.24, 2.45) is 0 Å². The molecule has 0 aliphatic rings. The third kappa shape index (κ3) is 5.51. The van der Waals surface area contributed by atoms with Gasteiger partial charge in [0.05, 0.1) is 17.7 Å². The minimum atomic E-state index is -0.428. The van der Waals surface area contributed by atoms with Crippen LogP contribution < -0.4 is 25.1 Å². The second-order valence-electron chi connectivity index (χ2n) is 7.88. The fourth-order valence-electron chi connectivity index (χ4n) is 3.37. The van der Waals surface area contributed by atoms with Crippen molar-refractivity contribution in [1.29, 1.82) is 0 Å². The number of ether oxygens (including phenoxy) is 2. The summed E-state index contributed by atoms with van der Waals surface area (Å²) in [6.07, 6.45) is 4.98. The van der Waals surface area contributed by atoms with E-state index in [1.165, 1.54) is 4.52 Å². The van der Waals surface area contributed by atoms with Crippen molar-refractivity contribution in [3.63, 3.8) is 0 Å². The van der Waals surface area contributed by atoms with Crippen LogP contribution in [-0.4, -0.2) is 27.8 Å². The van der Waals surface area contributed by atoms with E-state index in [4.69, 9.17) is 9.47 Å². The Bertz CT molecular complexity index is 1430. The molecule has 0 N–H and O–H groups in total. The van der Waals surface area contributed by atoms with Crippen LogP contribution in [0.3, 0.4) is 0 Å². The molecule has 0 radical (unpaired) electrons. The molecule has 4 aromatic rings. The van der Waals surface area contributed by atoms with Crippen molar-refractivity contribution >= 4 is 22.4 Å². The first-order valence-corrected chi connectivity index (χ1v) is 12.3. The Labute approximate surface area is 201 Å². The Morgan fingerprint density at radius 3 is 2.53 bits per heavy atom. The number of aromatic nitrogens is 3. The van der Waals surface area contributed by atoms with Gasteiger partial charge in [-0.2, -0.15) is 14.6 Å². The van der Waals surface area contributed by atoms with E-state index in [1.54, 1.807) is 6.08 Å². The molecule has 0 spiro atoms. The molecule has 4 rings (SSSR count). The number of benzene rings is 2. The van der Waals surface area contributed by atoms with E-state index in [1.807, 2.05) is 48.5 Å². The van der Waals surface area contributed by atoms with E-state index in [0.29, 0.717) is 17.7 Å². The highest BCUT2D eigenvalue weighted by Gasteiger charge is 2.12. The summed E-state index contributed by atoms with van der Waals surface area (Å²) in [7, 11) is 0. The minimum Gasteiger partial charge on any atom is -0.494 e. The molecule has 176 valence electrons. The van der Waals surface area contributed by atoms with Gasteiger partial charge in [0, 0.05) is 12.0 Å². The fourth-order valence-corrected chi connectivity index (χ4v) is 4.26. The lowest BCUT2D eigenvalue weighted by atomic mass is 10.1. The van der Waals surface area contributed by atoms with Gasteiger partial charge >= 0.3 is 0 Å². The Morgan fingerprint density at radius 2 is 1.76 bits per heavy atom. The van der Waals surface area contributed by atoms with Crippen LogP contribution >= 0.6 is 11.3 Å². The van der Waals surface area contributed by atoms with Crippen molar-refractivity contribution in [2.45, 2.75) is 39.5 Å². The lowest BCUT2D eigenvalue weighted by molar-refractivity contribution is 0.309. The van der Waals surface area contributed by atoms with Crippen LogP contribution in [0, 0.1) is 0 Å². The molecule has 8 heteroatoms. The summed E-state index contributed by atoms with van der Waals surface area (Å²) in [5, 5.41) is 4.34. The van der Waals surface area contributed by atoms with Crippen LogP contribution in [-0.2, 0) is 6.42 Å². The quantitative estimate of drug-likeness (QED) is 0.325. The highest BCUT2D eigenvalue weighted by molar-refractivity contribution is 7.15. The van der Waals surface area contributed by atoms with Crippen LogP contribution in [0.5, 0.6) is 11.5 Å². The summed E-state index contributed by atoms with van der Waals surface area (Å²) in [4.78, 5) is 30.0. The monoisotopic (exact) mass is 477 g/mol. The maximum absolute atomic E-state index is 13.0. The Morgan fingerprint density at radius 1 is 0.971 bits per heavy atom. The summed E-state index contributed by atoms with van der Waals surface area (Å²) in [5.74, 6) is 1.50. The first-order valence-electron chi connectivity index (χ1n) is 11.5. The molecule has 0 aliphatic carbocycles. The van der Waals surface area contributed by atoms with E-state index < -0.39 is 5.56 Å². The standard InChI is InChI=1S/C26H27N3O4S/c1-3-5-15-33-22-9-7-6-8-19(22)17-23-25(31)29-26(34-23)27-24(30)21(28-29)16-18-10-12-20(13-11-18)32-14-4-2/h6-13,17H,3-5,14-16H2,1-2H3/b23-17+. The number of para-hydroxylation sites is 1. The number of hydrogen-bond donors (Lipinski definition) is 0. The molecule has 0 fully saturated rings. The fraction of sp³-hybridized carbons (Fsp3) is 0.308. The van der Waals surface area contributed by atoms with Crippen molar-refractivity contribution < 1.29 is 9.47 Å². The maximum Gasteiger partial charge on any atom is 0.296 e. The number of fused-ring (bicyclic) bond motifs is 1. The number of unbranched alkanes of at least 4 members (excludes halogenated alkanes) is 1. The van der Waals surface area contributed by atoms with Crippen LogP contribution in [0.15, 0.2) is 58.1 Å². The predicted molar refractivity (Wildman–Crippen MR) is 134 cm³/mol. The molecule has 0 unspecified atom stereocenters. The summed E-state index contributed by atoms with van der Waals surface area (Å²) in [6, 6.07) is 15.1. The van der Waals surface area contributed by atoms with E-state index in [-0.39, 0.29) is 22.6 Å². The summed E-state index contributed by atoms with van der Waals surface area (Å²) >= 11 is 1.14. The summed E-state index contributed by atoms with van der Waals surface area (Å²) in [5.41, 5.74) is 1.19. The molecule has 0 bridgehead atoms. The van der Waals surface area contributed by atoms with E-state index in [0.717, 1.165) is 53.2 Å². The second kappa shape index (κ2) is 11.1. The average molecular weight is 478 g/mol. The molecule has 7 nitrogen and oxygen atoms in total. The number of hydrogen-bond acceptors (Lipinski definition) is 7. The van der Waals surface area contributed by atoms with E-state index >= 15 is 0 Å². The van der Waals surface area contributed by atoms with Crippen molar-refractivity contribution in [1.82, 2.24) is 14.6 Å². The zero-order valence-corrected chi connectivity index (χ0v) is 20.1. The van der Waals surface area contributed by atoms with Gasteiger partial charge in [-0.15, -0.1) is 0 Å². The molecular weight excluding hydrogens is 450 g/mol. The smallest absolute Gasteiger partial charge is 0.296 e. The molecule has 0 aliphatic heterocycles. The van der Waals surface area contributed by atoms with Gasteiger partial charge in [-0.25, -0.2) is 0 Å². The van der Waals surface area contributed by atoms with Crippen molar-refractivity contribution in [3.8, 4) is 11.5 Å². The van der Waals surface area contributed by atoms with Gasteiger partial charge in [0.25, 0.3) is 11.1 Å². The zero-order valence-electron chi connectivity index (χ0n) is 19.3. The van der Waals surface area contributed by atoms with Crippen molar-refractivity contribution in [2.75, 3.05) is 13.2 Å². The molecule has 2 aromatic heterocycles. The molecule has 34 heavy (non-hydrogen) atoms. The lowest BCUT2D eigenvalue weighted by Crippen LogP contribution is -2.28. The highest BCUT2D eigenvalue weighted by Crippen LogP contribution is 2.19. The predicted octanol–water partition coefficient (Wildman–Crippen LogP) is 3.62. The molecule has 0 saturated carbocycles. The summed E-state index contributed by atoms with van der Waals surface area (Å²) in [6.45, 7) is 5.43. The second-order valence-corrected chi connectivity index (χ2v) is 8.89. The van der Waals surface area contributed by atoms with Crippen molar-refractivity contribution in [3.05, 3.63) is 90.6 Å². The Kier molecular flexibility index (Phi) is 7.69. The molecule has 2 heterocycles. The third-order valence-corrected chi connectivity index (χ3v) is 6.14. The van der Waals surface area contributed by atoms with Gasteiger partial charge in [-0.3, -0.25) is 9.59 Å². The van der Waals surface area contributed by atoms with Crippen LogP contribution in [0.1, 0.15) is 49.9 Å². The Balaban J connectivity index is 1.64. The number of nitrogens with zero attached hydrogens (tertiary/aromatic N) is 3. The van der Waals surface area contributed by atoms with Gasteiger partial charge in [-0.1, -0.05) is 61.9 Å². The first-order chi connectivity index (χ1) is 16.6. The highest BCUT2D eigenvalue weighted by atomic mass is 32.1. The average Bonchev–Trinajstić information content (AvgIpc) is 3.14. The van der Waals surface area contributed by atoms with E-state index in [2.05, 4.69) is 23.9 Å². The van der Waals surface area contributed by atoms with Gasteiger partial charge in [-0.05, 0) is 42.7 Å². The number of thiazole rings is 1. The maximum atomic E-state index is 13.0. The third-order valence-electron chi connectivity index (χ3n) is 5.18. The van der Waals surface area contributed by atoms with Gasteiger partial charge in [0.2, 0.25) is 4.96 Å². The first kappa shape index (κ1) is 23.6. The SMILES string of the molecule is CCCCOc1ccccc1/C=c1/sc2nc(=O)c(Cc3ccc(OCCC)cc3)nn2c1=O. The summed E-state index contributed by atoms with van der Waals surface area (Å²) < 4.78 is 13.1. The van der Waals surface area contributed by atoms with Gasteiger partial charge in [0.1, 0.15) is 17.2 Å². The molecule has 2 aromatic carbocycles.